The van der Waals surface area contributed by atoms with Gasteiger partial charge in [0.05, 0.1) is 12.6 Å². The van der Waals surface area contributed by atoms with Crippen LogP contribution in [0.5, 0.6) is 0 Å². The van der Waals surface area contributed by atoms with Crippen LogP contribution in [0.4, 0.5) is 0 Å². The molecule has 0 amide bonds. The van der Waals surface area contributed by atoms with Crippen LogP contribution in [-0.4, -0.2) is 46.1 Å². The largest absolute Gasteiger partial charge is 0.392 e. The second kappa shape index (κ2) is 5.88. The van der Waals surface area contributed by atoms with E-state index in [0.717, 1.165) is 42.9 Å². The Labute approximate surface area is 115 Å². The van der Waals surface area contributed by atoms with Crippen molar-refractivity contribution >= 4 is 5.78 Å². The normalized spacial score (nSPS) is 20.1. The number of hydrogen-bond acceptors (Lipinski definition) is 3. The standard InChI is InChI=1S/C15H24N2O2/c1-4-6-17-11(2)8-14(12(17)3)15(19)10-16-7-5-13(18)9-16/h8,13,18H,4-7,9-10H2,1-3H3. The van der Waals surface area contributed by atoms with E-state index in [-0.39, 0.29) is 11.9 Å². The minimum Gasteiger partial charge on any atom is -0.392 e. The Morgan fingerprint density at radius 3 is 2.79 bits per heavy atom. The molecule has 0 saturated carbocycles. The van der Waals surface area contributed by atoms with Gasteiger partial charge in [0.15, 0.2) is 5.78 Å². The molecule has 1 atom stereocenters. The summed E-state index contributed by atoms with van der Waals surface area (Å²) >= 11 is 0. The lowest BCUT2D eigenvalue weighted by Gasteiger charge is -2.14. The Morgan fingerprint density at radius 2 is 2.21 bits per heavy atom. The molecule has 2 rings (SSSR count). The van der Waals surface area contributed by atoms with E-state index < -0.39 is 0 Å². The molecule has 0 bridgehead atoms. The highest BCUT2D eigenvalue weighted by Gasteiger charge is 2.24. The third-order valence-electron chi connectivity index (χ3n) is 3.94. The molecule has 0 spiro atoms. The number of ketones is 1. The fourth-order valence-electron chi connectivity index (χ4n) is 2.90. The maximum Gasteiger partial charge on any atom is 0.178 e. The molecule has 19 heavy (non-hydrogen) atoms. The molecule has 1 aromatic heterocycles. The molecule has 1 saturated heterocycles. The summed E-state index contributed by atoms with van der Waals surface area (Å²) < 4.78 is 2.21. The molecule has 1 fully saturated rings. The molecule has 106 valence electrons. The Bertz CT molecular complexity index is 465. The van der Waals surface area contributed by atoms with Crippen molar-refractivity contribution in [3.05, 3.63) is 23.0 Å². The third kappa shape index (κ3) is 3.07. The number of hydrogen-bond donors (Lipinski definition) is 1. The van der Waals surface area contributed by atoms with Crippen LogP contribution >= 0.6 is 0 Å². The molecule has 4 nitrogen and oxygen atoms in total. The first-order chi connectivity index (χ1) is 9.02. The molecule has 1 aromatic rings. The van der Waals surface area contributed by atoms with Gasteiger partial charge in [-0.1, -0.05) is 6.92 Å². The maximum absolute atomic E-state index is 12.4. The molecule has 0 radical (unpaired) electrons. The van der Waals surface area contributed by atoms with Crippen LogP contribution in [0.2, 0.25) is 0 Å². The van der Waals surface area contributed by atoms with Gasteiger partial charge in [0.1, 0.15) is 0 Å². The van der Waals surface area contributed by atoms with Crippen molar-refractivity contribution in [2.45, 2.75) is 46.3 Å². The number of aliphatic hydroxyl groups is 1. The van der Waals surface area contributed by atoms with Crippen LogP contribution in [0, 0.1) is 13.8 Å². The average molecular weight is 264 g/mol. The lowest BCUT2D eigenvalue weighted by atomic mass is 10.1. The first-order valence-electron chi connectivity index (χ1n) is 7.13. The van der Waals surface area contributed by atoms with Gasteiger partial charge in [-0.05, 0) is 32.8 Å². The zero-order valence-electron chi connectivity index (χ0n) is 12.1. The molecule has 1 unspecified atom stereocenters. The minimum absolute atomic E-state index is 0.171. The summed E-state index contributed by atoms with van der Waals surface area (Å²) in [5.41, 5.74) is 3.07. The van der Waals surface area contributed by atoms with Crippen LogP contribution in [0.1, 0.15) is 41.5 Å². The summed E-state index contributed by atoms with van der Waals surface area (Å²) in [4.78, 5) is 14.4. The fraction of sp³-hybridized carbons (Fsp3) is 0.667. The number of β-amino-alcohol motifs (C(OH)–C–C–N with tert-alkyl or cyclic N) is 1. The third-order valence-corrected chi connectivity index (χ3v) is 3.94. The molecular formula is C15H24N2O2. The highest BCUT2D eigenvalue weighted by atomic mass is 16.3. The summed E-state index contributed by atoms with van der Waals surface area (Å²) in [6.45, 7) is 9.06. The van der Waals surface area contributed by atoms with Crippen molar-refractivity contribution in [2.75, 3.05) is 19.6 Å². The van der Waals surface area contributed by atoms with Crippen molar-refractivity contribution in [3.63, 3.8) is 0 Å². The van der Waals surface area contributed by atoms with Gasteiger partial charge in [0, 0.05) is 36.6 Å². The van der Waals surface area contributed by atoms with Gasteiger partial charge in [-0.2, -0.15) is 0 Å². The van der Waals surface area contributed by atoms with Gasteiger partial charge in [0.2, 0.25) is 0 Å². The number of rotatable bonds is 5. The number of Topliss-reactive ketones (excluding diaryl/α,β-unsaturated/α-hetero) is 1. The molecule has 0 aromatic carbocycles. The number of nitrogens with zero attached hydrogens (tertiary/aromatic N) is 2. The molecular weight excluding hydrogens is 240 g/mol. The number of aryl methyl sites for hydroxylation is 1. The number of carbonyl (C=O) groups is 1. The van der Waals surface area contributed by atoms with Crippen LogP contribution in [0.15, 0.2) is 6.07 Å². The van der Waals surface area contributed by atoms with Crippen LogP contribution in [0.25, 0.3) is 0 Å². The zero-order valence-corrected chi connectivity index (χ0v) is 12.1. The molecule has 4 heteroatoms. The summed E-state index contributed by atoms with van der Waals surface area (Å²) in [5, 5.41) is 9.50. The molecule has 0 aliphatic carbocycles. The molecule has 1 N–H and O–H groups in total. The summed E-state index contributed by atoms with van der Waals surface area (Å²) in [5.74, 6) is 0.171. The second-order valence-electron chi connectivity index (χ2n) is 5.54. The van der Waals surface area contributed by atoms with Gasteiger partial charge in [-0.25, -0.2) is 0 Å². The van der Waals surface area contributed by atoms with E-state index in [2.05, 4.69) is 18.4 Å². The lowest BCUT2D eigenvalue weighted by Crippen LogP contribution is -2.28. The second-order valence-corrected chi connectivity index (χ2v) is 5.54. The van der Waals surface area contributed by atoms with E-state index in [1.54, 1.807) is 0 Å². The highest BCUT2D eigenvalue weighted by Crippen LogP contribution is 2.18. The van der Waals surface area contributed by atoms with Gasteiger partial charge < -0.3 is 9.67 Å². The minimum atomic E-state index is -0.264. The topological polar surface area (TPSA) is 45.5 Å². The van der Waals surface area contributed by atoms with Gasteiger partial charge >= 0.3 is 0 Å². The van der Waals surface area contributed by atoms with E-state index >= 15 is 0 Å². The number of carbonyl (C=O) groups excluding carboxylic acids is 1. The van der Waals surface area contributed by atoms with Crippen molar-refractivity contribution in [3.8, 4) is 0 Å². The Balaban J connectivity index is 2.09. The number of likely N-dealkylation sites (tertiary alicyclic amines) is 1. The Hall–Kier alpha value is -1.13. The van der Waals surface area contributed by atoms with Crippen LogP contribution in [0.3, 0.4) is 0 Å². The van der Waals surface area contributed by atoms with Gasteiger partial charge in [-0.3, -0.25) is 9.69 Å². The van der Waals surface area contributed by atoms with Crippen molar-refractivity contribution < 1.29 is 9.90 Å². The van der Waals surface area contributed by atoms with Crippen LogP contribution in [-0.2, 0) is 6.54 Å². The average Bonchev–Trinajstić information content (AvgIpc) is 2.87. The predicted molar refractivity (Wildman–Crippen MR) is 75.6 cm³/mol. The summed E-state index contributed by atoms with van der Waals surface area (Å²) in [7, 11) is 0. The van der Waals surface area contributed by atoms with E-state index in [4.69, 9.17) is 0 Å². The number of aromatic nitrogens is 1. The summed E-state index contributed by atoms with van der Waals surface area (Å²) in [6.07, 6.45) is 1.59. The van der Waals surface area contributed by atoms with Crippen LogP contribution < -0.4 is 0 Å². The Kier molecular flexibility index (Phi) is 4.42. The first-order valence-corrected chi connectivity index (χ1v) is 7.13. The molecule has 1 aliphatic rings. The fourth-order valence-corrected chi connectivity index (χ4v) is 2.90. The first kappa shape index (κ1) is 14.3. The van der Waals surface area contributed by atoms with Gasteiger partial charge in [-0.15, -0.1) is 0 Å². The maximum atomic E-state index is 12.4. The van der Waals surface area contributed by atoms with E-state index in [1.165, 1.54) is 0 Å². The van der Waals surface area contributed by atoms with Crippen molar-refractivity contribution in [2.24, 2.45) is 0 Å². The van der Waals surface area contributed by atoms with E-state index in [9.17, 15) is 9.90 Å². The number of aliphatic hydroxyl groups excluding tert-OH is 1. The SMILES string of the molecule is CCCn1c(C)cc(C(=O)CN2CCC(O)C2)c1C. The Morgan fingerprint density at radius 1 is 1.47 bits per heavy atom. The molecule has 1 aliphatic heterocycles. The van der Waals surface area contributed by atoms with Gasteiger partial charge in [0.25, 0.3) is 0 Å². The van der Waals surface area contributed by atoms with E-state index in [1.807, 2.05) is 17.9 Å². The monoisotopic (exact) mass is 264 g/mol. The highest BCUT2D eigenvalue weighted by molar-refractivity contribution is 5.99. The molecule has 2 heterocycles. The predicted octanol–water partition coefficient (Wildman–Crippen LogP) is 1.76. The van der Waals surface area contributed by atoms with E-state index in [0.29, 0.717) is 13.1 Å². The van der Waals surface area contributed by atoms with Crippen molar-refractivity contribution in [1.29, 1.82) is 0 Å². The quantitative estimate of drug-likeness (QED) is 0.824. The lowest BCUT2D eigenvalue weighted by molar-refractivity contribution is 0.0934. The summed E-state index contributed by atoms with van der Waals surface area (Å²) in [6, 6.07) is 2.00. The van der Waals surface area contributed by atoms with Crippen molar-refractivity contribution in [1.82, 2.24) is 9.47 Å². The smallest absolute Gasteiger partial charge is 0.178 e. The zero-order chi connectivity index (χ0) is 14.0.